The van der Waals surface area contributed by atoms with Gasteiger partial charge in [-0.15, -0.1) is 0 Å². The molecule has 0 rings (SSSR count). The minimum absolute atomic E-state index is 0.0828. The second-order valence-electron chi connectivity index (χ2n) is 21.0. The van der Waals surface area contributed by atoms with Crippen LogP contribution < -0.4 is 0 Å². The van der Waals surface area contributed by atoms with Crippen LogP contribution in [0, 0.1) is 0 Å². The number of carbonyl (C=O) groups is 3. The molecule has 0 heterocycles. The van der Waals surface area contributed by atoms with Crippen molar-refractivity contribution >= 4 is 17.9 Å². The first kappa shape index (κ1) is 69.8. The fraction of sp³-hybridized carbons (Fsp3) is 0.776. The van der Waals surface area contributed by atoms with Gasteiger partial charge < -0.3 is 14.2 Å². The Morgan fingerprint density at radius 3 is 0.822 bits per heavy atom. The molecule has 0 N–H and O–H groups in total. The average Bonchev–Trinajstić information content (AvgIpc) is 3.39. The standard InChI is InChI=1S/C67H118O6/c1-4-7-10-13-16-19-22-24-26-28-30-32-33-35-36-38-40-42-45-48-51-54-57-60-66(69)72-63-64(62-71-65(68)59-56-53-50-47-44-21-18-15-12-9-6-3)73-67(70)61-58-55-52-49-46-43-41-39-37-34-31-29-27-25-23-20-17-14-11-8-5-2/h15,18,22-25,28-31,33,35,64H,4-14,16-17,19-21,26-27,32,34,36-63H2,1-3H3/b18-15-,24-22-,25-23-,30-28-,31-29-,35-33-. The summed E-state index contributed by atoms with van der Waals surface area (Å²) in [6, 6.07) is 0. The van der Waals surface area contributed by atoms with Gasteiger partial charge in [0.1, 0.15) is 13.2 Å². The van der Waals surface area contributed by atoms with E-state index in [-0.39, 0.29) is 31.1 Å². The van der Waals surface area contributed by atoms with Crippen LogP contribution in [0.5, 0.6) is 0 Å². The van der Waals surface area contributed by atoms with E-state index in [4.69, 9.17) is 14.2 Å². The van der Waals surface area contributed by atoms with E-state index < -0.39 is 6.10 Å². The van der Waals surface area contributed by atoms with Crippen molar-refractivity contribution in [3.63, 3.8) is 0 Å². The second kappa shape index (κ2) is 61.4. The van der Waals surface area contributed by atoms with Gasteiger partial charge in [0.15, 0.2) is 6.10 Å². The van der Waals surface area contributed by atoms with Crippen LogP contribution in [-0.2, 0) is 28.6 Å². The first-order valence-electron chi connectivity index (χ1n) is 31.4. The van der Waals surface area contributed by atoms with Crippen molar-refractivity contribution in [3.8, 4) is 0 Å². The molecule has 1 unspecified atom stereocenters. The Labute approximate surface area is 453 Å². The Balaban J connectivity index is 4.31. The van der Waals surface area contributed by atoms with E-state index in [0.29, 0.717) is 19.3 Å². The SMILES string of the molecule is CCCC/C=C\CCCCCCCC(=O)OCC(COC(=O)CCCCCCCCCC/C=C\C/C=C\C/C=C\CCCCCCC)OC(=O)CCCCCCCCCCC/C=C\C/C=C\CCCCCCC. The van der Waals surface area contributed by atoms with Crippen LogP contribution in [0.25, 0.3) is 0 Å². The summed E-state index contributed by atoms with van der Waals surface area (Å²) in [5.74, 6) is -0.892. The summed E-state index contributed by atoms with van der Waals surface area (Å²) in [6.45, 7) is 6.59. The lowest BCUT2D eigenvalue weighted by atomic mass is 10.1. The van der Waals surface area contributed by atoms with E-state index in [0.717, 1.165) is 89.9 Å². The van der Waals surface area contributed by atoms with Crippen molar-refractivity contribution in [2.45, 2.75) is 322 Å². The maximum Gasteiger partial charge on any atom is 0.306 e. The first-order valence-corrected chi connectivity index (χ1v) is 31.4. The van der Waals surface area contributed by atoms with Crippen LogP contribution in [0.15, 0.2) is 72.9 Å². The van der Waals surface area contributed by atoms with Gasteiger partial charge in [0.05, 0.1) is 0 Å². The molecule has 0 saturated carbocycles. The maximum atomic E-state index is 12.9. The fourth-order valence-corrected chi connectivity index (χ4v) is 8.87. The molecule has 0 aliphatic rings. The van der Waals surface area contributed by atoms with Gasteiger partial charge in [-0.05, 0) is 109 Å². The quantitative estimate of drug-likeness (QED) is 0.0261. The van der Waals surface area contributed by atoms with Gasteiger partial charge in [-0.25, -0.2) is 0 Å². The molecule has 6 nitrogen and oxygen atoms in total. The molecular weight excluding hydrogens is 901 g/mol. The minimum Gasteiger partial charge on any atom is -0.462 e. The van der Waals surface area contributed by atoms with Crippen LogP contribution in [-0.4, -0.2) is 37.2 Å². The molecule has 0 radical (unpaired) electrons. The molecule has 0 aliphatic heterocycles. The predicted molar refractivity (Wildman–Crippen MR) is 316 cm³/mol. The third-order valence-corrected chi connectivity index (χ3v) is 13.7. The average molecular weight is 1020 g/mol. The molecule has 0 aromatic heterocycles. The first-order chi connectivity index (χ1) is 36.0. The Morgan fingerprint density at radius 2 is 0.507 bits per heavy atom. The van der Waals surface area contributed by atoms with Crippen LogP contribution in [0.3, 0.4) is 0 Å². The number of esters is 3. The Hall–Kier alpha value is -3.15. The lowest BCUT2D eigenvalue weighted by molar-refractivity contribution is -0.167. The number of hydrogen-bond donors (Lipinski definition) is 0. The molecule has 73 heavy (non-hydrogen) atoms. The number of carbonyl (C=O) groups excluding carboxylic acids is 3. The second-order valence-corrected chi connectivity index (χ2v) is 21.0. The van der Waals surface area contributed by atoms with Gasteiger partial charge in [-0.1, -0.05) is 261 Å². The predicted octanol–water partition coefficient (Wildman–Crippen LogP) is 21.3. The van der Waals surface area contributed by atoms with E-state index in [1.807, 2.05) is 0 Å². The normalized spacial score (nSPS) is 12.5. The zero-order valence-electron chi connectivity index (χ0n) is 48.4. The Morgan fingerprint density at radius 1 is 0.274 bits per heavy atom. The molecular formula is C67H118O6. The molecule has 0 aliphatic carbocycles. The van der Waals surface area contributed by atoms with Gasteiger partial charge in [-0.2, -0.15) is 0 Å². The number of unbranched alkanes of at least 4 members (excludes halogenated alkanes) is 34. The molecule has 0 aromatic carbocycles. The van der Waals surface area contributed by atoms with Crippen LogP contribution in [0.1, 0.15) is 316 Å². The monoisotopic (exact) mass is 1020 g/mol. The van der Waals surface area contributed by atoms with Crippen molar-refractivity contribution in [3.05, 3.63) is 72.9 Å². The number of hydrogen-bond acceptors (Lipinski definition) is 6. The van der Waals surface area contributed by atoms with E-state index in [9.17, 15) is 14.4 Å². The molecule has 0 fully saturated rings. The summed E-state index contributed by atoms with van der Waals surface area (Å²) in [4.78, 5) is 38.2. The van der Waals surface area contributed by atoms with E-state index >= 15 is 0 Å². The summed E-state index contributed by atoms with van der Waals surface area (Å²) in [7, 11) is 0. The summed E-state index contributed by atoms with van der Waals surface area (Å²) >= 11 is 0. The van der Waals surface area contributed by atoms with E-state index in [1.54, 1.807) is 0 Å². The van der Waals surface area contributed by atoms with Crippen molar-refractivity contribution in [1.29, 1.82) is 0 Å². The van der Waals surface area contributed by atoms with E-state index in [1.165, 1.54) is 186 Å². The van der Waals surface area contributed by atoms with Gasteiger partial charge in [-0.3, -0.25) is 14.4 Å². The largest absolute Gasteiger partial charge is 0.462 e. The van der Waals surface area contributed by atoms with Crippen LogP contribution >= 0.6 is 0 Å². The Kier molecular flexibility index (Phi) is 58.7. The Bertz CT molecular complexity index is 1360. The van der Waals surface area contributed by atoms with Gasteiger partial charge >= 0.3 is 17.9 Å². The maximum absolute atomic E-state index is 12.9. The molecule has 0 amide bonds. The molecule has 0 saturated heterocycles. The third kappa shape index (κ3) is 59.6. The lowest BCUT2D eigenvalue weighted by Crippen LogP contribution is -2.30. The number of ether oxygens (including phenoxy) is 3. The smallest absolute Gasteiger partial charge is 0.306 e. The van der Waals surface area contributed by atoms with Crippen molar-refractivity contribution < 1.29 is 28.6 Å². The zero-order valence-corrected chi connectivity index (χ0v) is 48.4. The highest BCUT2D eigenvalue weighted by Crippen LogP contribution is 2.16. The summed E-state index contributed by atoms with van der Waals surface area (Å²) in [5.41, 5.74) is 0. The van der Waals surface area contributed by atoms with E-state index in [2.05, 4.69) is 93.7 Å². The molecule has 422 valence electrons. The van der Waals surface area contributed by atoms with Crippen LogP contribution in [0.2, 0.25) is 0 Å². The number of allylic oxidation sites excluding steroid dienone is 12. The third-order valence-electron chi connectivity index (χ3n) is 13.7. The summed E-state index contributed by atoms with van der Waals surface area (Å²) in [5, 5.41) is 0. The van der Waals surface area contributed by atoms with Gasteiger partial charge in [0, 0.05) is 19.3 Å². The highest BCUT2D eigenvalue weighted by atomic mass is 16.6. The summed E-state index contributed by atoms with van der Waals surface area (Å²) in [6.07, 6.45) is 79.0. The zero-order chi connectivity index (χ0) is 52.9. The highest BCUT2D eigenvalue weighted by Gasteiger charge is 2.19. The topological polar surface area (TPSA) is 78.9 Å². The van der Waals surface area contributed by atoms with Crippen molar-refractivity contribution in [2.75, 3.05) is 13.2 Å². The molecule has 0 spiro atoms. The van der Waals surface area contributed by atoms with Crippen LogP contribution in [0.4, 0.5) is 0 Å². The number of rotatable bonds is 57. The molecule has 0 bridgehead atoms. The van der Waals surface area contributed by atoms with Crippen molar-refractivity contribution in [2.24, 2.45) is 0 Å². The fourth-order valence-electron chi connectivity index (χ4n) is 8.87. The van der Waals surface area contributed by atoms with Gasteiger partial charge in [0.2, 0.25) is 0 Å². The minimum atomic E-state index is -0.785. The highest BCUT2D eigenvalue weighted by molar-refractivity contribution is 5.71. The lowest BCUT2D eigenvalue weighted by Gasteiger charge is -2.18. The van der Waals surface area contributed by atoms with Crippen molar-refractivity contribution in [1.82, 2.24) is 0 Å². The molecule has 1 atom stereocenters. The summed E-state index contributed by atoms with van der Waals surface area (Å²) < 4.78 is 16.9. The molecule has 0 aromatic rings. The van der Waals surface area contributed by atoms with Gasteiger partial charge in [0.25, 0.3) is 0 Å². The molecule has 6 heteroatoms.